The smallest absolute Gasteiger partial charge is 0.218 e. The standard InChI is InChI=1S/C16H28N4O/c1-3-21-16-12-15(18-13(2)19-16)20(11-7-10-17)14-8-5-4-6-9-14/h12,14H,3-11,17H2,1-2H3. The molecular formula is C16H28N4O. The summed E-state index contributed by atoms with van der Waals surface area (Å²) in [5.74, 6) is 2.43. The van der Waals surface area contributed by atoms with E-state index >= 15 is 0 Å². The van der Waals surface area contributed by atoms with Gasteiger partial charge in [-0.3, -0.25) is 0 Å². The van der Waals surface area contributed by atoms with Crippen LogP contribution in [0.5, 0.6) is 5.88 Å². The van der Waals surface area contributed by atoms with Gasteiger partial charge in [-0.2, -0.15) is 4.98 Å². The first-order chi connectivity index (χ1) is 10.2. The molecule has 2 rings (SSSR count). The summed E-state index contributed by atoms with van der Waals surface area (Å²) in [6.07, 6.45) is 7.46. The Morgan fingerprint density at radius 3 is 2.71 bits per heavy atom. The molecule has 5 heteroatoms. The Morgan fingerprint density at radius 1 is 1.29 bits per heavy atom. The Hall–Kier alpha value is -1.36. The largest absolute Gasteiger partial charge is 0.478 e. The van der Waals surface area contributed by atoms with Gasteiger partial charge in [-0.15, -0.1) is 0 Å². The first-order valence-electron chi connectivity index (χ1n) is 8.19. The van der Waals surface area contributed by atoms with Gasteiger partial charge in [0.05, 0.1) is 6.61 Å². The van der Waals surface area contributed by atoms with Crippen molar-refractivity contribution in [3.05, 3.63) is 11.9 Å². The lowest BCUT2D eigenvalue weighted by atomic mass is 9.94. The molecule has 21 heavy (non-hydrogen) atoms. The Kier molecular flexibility index (Phi) is 6.23. The second kappa shape index (κ2) is 8.17. The molecule has 0 atom stereocenters. The van der Waals surface area contributed by atoms with Gasteiger partial charge in [0.2, 0.25) is 5.88 Å². The summed E-state index contributed by atoms with van der Waals surface area (Å²) < 4.78 is 5.57. The third-order valence-corrected chi connectivity index (χ3v) is 4.01. The van der Waals surface area contributed by atoms with Gasteiger partial charge in [0.1, 0.15) is 11.6 Å². The Labute approximate surface area is 127 Å². The molecule has 118 valence electrons. The van der Waals surface area contributed by atoms with E-state index in [2.05, 4.69) is 14.9 Å². The highest BCUT2D eigenvalue weighted by atomic mass is 16.5. The highest BCUT2D eigenvalue weighted by Gasteiger charge is 2.22. The average molecular weight is 292 g/mol. The van der Waals surface area contributed by atoms with Crippen molar-refractivity contribution in [2.24, 2.45) is 5.73 Å². The molecule has 0 aromatic carbocycles. The van der Waals surface area contributed by atoms with Crippen molar-refractivity contribution in [1.29, 1.82) is 0 Å². The molecule has 0 spiro atoms. The second-order valence-corrected chi connectivity index (χ2v) is 5.67. The second-order valence-electron chi connectivity index (χ2n) is 5.67. The first kappa shape index (κ1) is 16.0. The predicted molar refractivity (Wildman–Crippen MR) is 85.8 cm³/mol. The molecule has 0 radical (unpaired) electrons. The van der Waals surface area contributed by atoms with Gasteiger partial charge in [0.25, 0.3) is 0 Å². The highest BCUT2D eigenvalue weighted by Crippen LogP contribution is 2.28. The maximum Gasteiger partial charge on any atom is 0.218 e. The lowest BCUT2D eigenvalue weighted by Gasteiger charge is -2.35. The number of aromatic nitrogens is 2. The minimum Gasteiger partial charge on any atom is -0.478 e. The van der Waals surface area contributed by atoms with E-state index in [1.807, 2.05) is 19.9 Å². The number of hydrogen-bond acceptors (Lipinski definition) is 5. The topological polar surface area (TPSA) is 64.3 Å². The van der Waals surface area contributed by atoms with Crippen LogP contribution in [0, 0.1) is 6.92 Å². The van der Waals surface area contributed by atoms with Gasteiger partial charge in [-0.05, 0) is 39.7 Å². The molecular weight excluding hydrogens is 264 g/mol. The summed E-state index contributed by atoms with van der Waals surface area (Å²) in [4.78, 5) is 11.4. The molecule has 0 bridgehead atoms. The van der Waals surface area contributed by atoms with Crippen molar-refractivity contribution in [3.8, 4) is 5.88 Å². The van der Waals surface area contributed by atoms with Crippen LogP contribution in [-0.4, -0.2) is 35.7 Å². The molecule has 1 aromatic rings. The van der Waals surface area contributed by atoms with Crippen LogP contribution in [-0.2, 0) is 0 Å². The zero-order valence-electron chi connectivity index (χ0n) is 13.3. The zero-order chi connectivity index (χ0) is 15.1. The molecule has 0 aliphatic heterocycles. The van der Waals surface area contributed by atoms with Gasteiger partial charge in [-0.25, -0.2) is 4.98 Å². The number of rotatable bonds is 7. The van der Waals surface area contributed by atoms with Crippen LogP contribution in [0.15, 0.2) is 6.07 Å². The molecule has 0 amide bonds. The van der Waals surface area contributed by atoms with Gasteiger partial charge in [0.15, 0.2) is 0 Å². The molecule has 0 saturated heterocycles. The molecule has 5 nitrogen and oxygen atoms in total. The fourth-order valence-corrected chi connectivity index (χ4v) is 3.03. The third-order valence-electron chi connectivity index (χ3n) is 4.01. The highest BCUT2D eigenvalue weighted by molar-refractivity contribution is 5.43. The molecule has 0 unspecified atom stereocenters. The number of ether oxygens (including phenoxy) is 1. The number of nitrogens with two attached hydrogens (primary N) is 1. The van der Waals surface area contributed by atoms with Crippen LogP contribution < -0.4 is 15.4 Å². The molecule has 1 heterocycles. The number of anilines is 1. The van der Waals surface area contributed by atoms with Gasteiger partial charge < -0.3 is 15.4 Å². The van der Waals surface area contributed by atoms with E-state index in [1.54, 1.807) is 0 Å². The molecule has 1 aliphatic carbocycles. The SMILES string of the molecule is CCOc1cc(N(CCCN)C2CCCCC2)nc(C)n1. The summed E-state index contributed by atoms with van der Waals surface area (Å²) in [6, 6.07) is 2.55. The molecule has 1 aromatic heterocycles. The molecule has 1 aliphatic rings. The summed E-state index contributed by atoms with van der Waals surface area (Å²) in [7, 11) is 0. The lowest BCUT2D eigenvalue weighted by molar-refractivity contribution is 0.325. The van der Waals surface area contributed by atoms with Crippen LogP contribution in [0.3, 0.4) is 0 Å². The van der Waals surface area contributed by atoms with Gasteiger partial charge in [-0.1, -0.05) is 19.3 Å². The normalized spacial score (nSPS) is 16.0. The third kappa shape index (κ3) is 4.56. The zero-order valence-corrected chi connectivity index (χ0v) is 13.3. The Morgan fingerprint density at radius 2 is 2.05 bits per heavy atom. The maximum absolute atomic E-state index is 5.71. The number of nitrogens with zero attached hydrogens (tertiary/aromatic N) is 3. The molecule has 1 saturated carbocycles. The van der Waals surface area contributed by atoms with Gasteiger partial charge in [0, 0.05) is 18.7 Å². The van der Waals surface area contributed by atoms with E-state index in [0.717, 1.165) is 24.6 Å². The number of aryl methyl sites for hydroxylation is 1. The van der Waals surface area contributed by atoms with Crippen LogP contribution in [0.1, 0.15) is 51.3 Å². The van der Waals surface area contributed by atoms with Crippen LogP contribution >= 0.6 is 0 Å². The molecule has 1 fully saturated rings. The molecule has 2 N–H and O–H groups in total. The maximum atomic E-state index is 5.71. The predicted octanol–water partition coefficient (Wildman–Crippen LogP) is 2.67. The minimum atomic E-state index is 0.578. The average Bonchev–Trinajstić information content (AvgIpc) is 2.48. The summed E-state index contributed by atoms with van der Waals surface area (Å²) in [6.45, 7) is 6.20. The lowest BCUT2D eigenvalue weighted by Crippen LogP contribution is -2.39. The quantitative estimate of drug-likeness (QED) is 0.837. The van der Waals surface area contributed by atoms with E-state index in [9.17, 15) is 0 Å². The van der Waals surface area contributed by atoms with Crippen LogP contribution in [0.25, 0.3) is 0 Å². The fraction of sp³-hybridized carbons (Fsp3) is 0.750. The van der Waals surface area contributed by atoms with E-state index in [4.69, 9.17) is 10.5 Å². The van der Waals surface area contributed by atoms with E-state index in [-0.39, 0.29) is 0 Å². The van der Waals surface area contributed by atoms with Crippen molar-refractivity contribution in [2.75, 3.05) is 24.6 Å². The fourth-order valence-electron chi connectivity index (χ4n) is 3.03. The van der Waals surface area contributed by atoms with Crippen LogP contribution in [0.4, 0.5) is 5.82 Å². The van der Waals surface area contributed by atoms with Crippen molar-refractivity contribution in [2.45, 2.75) is 58.4 Å². The monoisotopic (exact) mass is 292 g/mol. The van der Waals surface area contributed by atoms with Gasteiger partial charge >= 0.3 is 0 Å². The summed E-state index contributed by atoms with van der Waals surface area (Å²) >= 11 is 0. The summed E-state index contributed by atoms with van der Waals surface area (Å²) in [5.41, 5.74) is 5.71. The van der Waals surface area contributed by atoms with Crippen LogP contribution in [0.2, 0.25) is 0 Å². The van der Waals surface area contributed by atoms with E-state index in [1.165, 1.54) is 32.1 Å². The van der Waals surface area contributed by atoms with Crippen molar-refractivity contribution in [3.63, 3.8) is 0 Å². The Bertz CT molecular complexity index is 432. The first-order valence-corrected chi connectivity index (χ1v) is 8.19. The van der Waals surface area contributed by atoms with Crippen molar-refractivity contribution in [1.82, 2.24) is 9.97 Å². The number of hydrogen-bond donors (Lipinski definition) is 1. The Balaban J connectivity index is 2.21. The minimum absolute atomic E-state index is 0.578. The van der Waals surface area contributed by atoms with Crippen molar-refractivity contribution >= 4 is 5.82 Å². The van der Waals surface area contributed by atoms with Crippen molar-refractivity contribution < 1.29 is 4.74 Å². The van der Waals surface area contributed by atoms with E-state index < -0.39 is 0 Å². The summed E-state index contributed by atoms with van der Waals surface area (Å²) in [5, 5.41) is 0. The van der Waals surface area contributed by atoms with E-state index in [0.29, 0.717) is 25.1 Å².